The first kappa shape index (κ1) is 16.0. The van der Waals surface area contributed by atoms with Gasteiger partial charge < -0.3 is 10.6 Å². The average Bonchev–Trinajstić information content (AvgIpc) is 2.44. The molecule has 0 bridgehead atoms. The molecule has 0 aromatic heterocycles. The molecule has 116 valence electrons. The number of nitrogens with zero attached hydrogens (tertiary/aromatic N) is 1. The Kier molecular flexibility index (Phi) is 4.72. The third kappa shape index (κ3) is 3.65. The van der Waals surface area contributed by atoms with Crippen molar-refractivity contribution in [1.29, 1.82) is 0 Å². The molecule has 0 saturated heterocycles. The van der Waals surface area contributed by atoms with Crippen molar-refractivity contribution in [2.75, 3.05) is 6.54 Å². The number of carbonyl (C=O) groups excluding carboxylic acids is 1. The number of carbonyl (C=O) groups is 1. The Balaban J connectivity index is 2.19. The van der Waals surface area contributed by atoms with Crippen LogP contribution in [0, 0.1) is 5.41 Å². The molecule has 1 aromatic rings. The molecule has 0 aliphatic carbocycles. The van der Waals surface area contributed by atoms with Gasteiger partial charge in [0, 0.05) is 24.5 Å². The summed E-state index contributed by atoms with van der Waals surface area (Å²) in [5.74, 6) is 0.233. The summed E-state index contributed by atoms with van der Waals surface area (Å²) < 4.78 is 0. The lowest BCUT2D eigenvalue weighted by Gasteiger charge is -2.34. The van der Waals surface area contributed by atoms with Gasteiger partial charge in [-0.2, -0.15) is 0 Å². The van der Waals surface area contributed by atoms with E-state index in [4.69, 9.17) is 5.73 Å². The predicted molar refractivity (Wildman–Crippen MR) is 86.9 cm³/mol. The van der Waals surface area contributed by atoms with Gasteiger partial charge in [0.05, 0.1) is 0 Å². The quantitative estimate of drug-likeness (QED) is 0.926. The van der Waals surface area contributed by atoms with Crippen LogP contribution in [0.4, 0.5) is 0 Å². The summed E-state index contributed by atoms with van der Waals surface area (Å²) in [6, 6.07) is 6.66. The van der Waals surface area contributed by atoms with E-state index >= 15 is 0 Å². The zero-order chi connectivity index (χ0) is 15.6. The van der Waals surface area contributed by atoms with E-state index < -0.39 is 0 Å². The van der Waals surface area contributed by atoms with Crippen molar-refractivity contribution in [3.8, 4) is 0 Å². The summed E-state index contributed by atoms with van der Waals surface area (Å²) in [6.07, 6.45) is 3.04. The highest BCUT2D eigenvalue weighted by atomic mass is 16.2. The molecular weight excluding hydrogens is 260 g/mol. The zero-order valence-electron chi connectivity index (χ0n) is 13.8. The lowest BCUT2D eigenvalue weighted by atomic mass is 9.90. The van der Waals surface area contributed by atoms with Crippen molar-refractivity contribution in [3.63, 3.8) is 0 Å². The van der Waals surface area contributed by atoms with Gasteiger partial charge in [-0.05, 0) is 29.5 Å². The molecule has 0 saturated carbocycles. The van der Waals surface area contributed by atoms with E-state index in [0.29, 0.717) is 0 Å². The Morgan fingerprint density at radius 2 is 2.05 bits per heavy atom. The summed E-state index contributed by atoms with van der Waals surface area (Å²) in [4.78, 5) is 14.4. The number of hydrogen-bond acceptors (Lipinski definition) is 2. The van der Waals surface area contributed by atoms with Crippen molar-refractivity contribution >= 4 is 5.91 Å². The van der Waals surface area contributed by atoms with Gasteiger partial charge in [0.1, 0.15) is 0 Å². The Morgan fingerprint density at radius 3 is 2.67 bits per heavy atom. The highest BCUT2D eigenvalue weighted by molar-refractivity contribution is 5.81. The van der Waals surface area contributed by atoms with E-state index in [0.717, 1.165) is 32.4 Å². The van der Waals surface area contributed by atoms with Crippen LogP contribution in [0.5, 0.6) is 0 Å². The van der Waals surface area contributed by atoms with Gasteiger partial charge in [-0.3, -0.25) is 4.79 Å². The van der Waals surface area contributed by atoms with Crippen molar-refractivity contribution in [2.45, 2.75) is 59.5 Å². The molecule has 1 aliphatic heterocycles. The topological polar surface area (TPSA) is 46.3 Å². The molecule has 21 heavy (non-hydrogen) atoms. The van der Waals surface area contributed by atoms with Crippen molar-refractivity contribution in [3.05, 3.63) is 34.9 Å². The van der Waals surface area contributed by atoms with Gasteiger partial charge in [-0.1, -0.05) is 52.3 Å². The number of amides is 1. The van der Waals surface area contributed by atoms with E-state index in [1.807, 2.05) is 25.7 Å². The minimum atomic E-state index is -0.312. The van der Waals surface area contributed by atoms with E-state index in [9.17, 15) is 4.79 Å². The van der Waals surface area contributed by atoms with Gasteiger partial charge in [0.25, 0.3) is 0 Å². The second kappa shape index (κ2) is 6.18. The molecule has 2 rings (SSSR count). The summed E-state index contributed by atoms with van der Waals surface area (Å²) in [7, 11) is 0. The van der Waals surface area contributed by atoms with Crippen LogP contribution < -0.4 is 5.73 Å². The van der Waals surface area contributed by atoms with Crippen LogP contribution in [0.3, 0.4) is 0 Å². The number of hydrogen-bond donors (Lipinski definition) is 1. The Morgan fingerprint density at radius 1 is 1.33 bits per heavy atom. The van der Waals surface area contributed by atoms with Gasteiger partial charge in [0.15, 0.2) is 0 Å². The van der Waals surface area contributed by atoms with Crippen molar-refractivity contribution in [2.24, 2.45) is 11.1 Å². The molecule has 0 fully saturated rings. The van der Waals surface area contributed by atoms with Crippen LogP contribution in [-0.2, 0) is 17.8 Å². The van der Waals surface area contributed by atoms with Crippen LogP contribution in [0.15, 0.2) is 18.2 Å². The lowest BCUT2D eigenvalue weighted by Crippen LogP contribution is -2.42. The summed E-state index contributed by atoms with van der Waals surface area (Å²) in [5, 5.41) is 0. The number of nitrogens with two attached hydrogens (primary N) is 1. The summed E-state index contributed by atoms with van der Waals surface area (Å²) in [6.45, 7) is 9.65. The number of fused-ring (bicyclic) bond motifs is 1. The predicted octanol–water partition coefficient (Wildman–Crippen LogP) is 3.42. The molecule has 1 amide bonds. The highest BCUT2D eigenvalue weighted by Crippen LogP contribution is 2.27. The largest absolute Gasteiger partial charge is 0.338 e. The Labute approximate surface area is 128 Å². The smallest absolute Gasteiger partial charge is 0.228 e. The number of benzene rings is 1. The second-order valence-electron chi connectivity index (χ2n) is 7.15. The fourth-order valence-electron chi connectivity index (χ4n) is 2.93. The third-order valence-corrected chi connectivity index (χ3v) is 4.20. The van der Waals surface area contributed by atoms with Gasteiger partial charge in [-0.15, -0.1) is 0 Å². The molecule has 2 N–H and O–H groups in total. The third-order valence-electron chi connectivity index (χ3n) is 4.20. The first-order valence-electron chi connectivity index (χ1n) is 7.99. The maximum Gasteiger partial charge on any atom is 0.228 e. The molecule has 1 aromatic carbocycles. The second-order valence-corrected chi connectivity index (χ2v) is 7.15. The molecular formula is C18H28N2O. The SMILES string of the molecule is CCCC(N)c1ccc2c(c1)CN(C(=O)C(C)(C)C)CC2. The Bertz CT molecular complexity index is 516. The lowest BCUT2D eigenvalue weighted by molar-refractivity contribution is -0.140. The van der Waals surface area contributed by atoms with Crippen LogP contribution in [0.2, 0.25) is 0 Å². The standard InChI is InChI=1S/C18H28N2O/c1-5-6-16(19)14-8-7-13-9-10-20(12-15(13)11-14)17(21)18(2,3)4/h7-8,11,16H,5-6,9-10,12,19H2,1-4H3. The molecule has 1 aliphatic rings. The Hall–Kier alpha value is -1.35. The molecule has 1 unspecified atom stereocenters. The fraction of sp³-hybridized carbons (Fsp3) is 0.611. The van der Waals surface area contributed by atoms with Crippen LogP contribution in [-0.4, -0.2) is 17.4 Å². The first-order chi connectivity index (χ1) is 9.82. The van der Waals surface area contributed by atoms with Crippen molar-refractivity contribution < 1.29 is 4.79 Å². The fourth-order valence-corrected chi connectivity index (χ4v) is 2.93. The maximum absolute atomic E-state index is 12.5. The average molecular weight is 288 g/mol. The van der Waals surface area contributed by atoms with E-state index in [-0.39, 0.29) is 17.4 Å². The van der Waals surface area contributed by atoms with E-state index in [1.54, 1.807) is 0 Å². The monoisotopic (exact) mass is 288 g/mol. The normalized spacial score (nSPS) is 16.5. The molecule has 3 nitrogen and oxygen atoms in total. The van der Waals surface area contributed by atoms with Crippen LogP contribution in [0.1, 0.15) is 63.3 Å². The summed E-state index contributed by atoms with van der Waals surface area (Å²) in [5.41, 5.74) is 9.73. The van der Waals surface area contributed by atoms with Gasteiger partial charge >= 0.3 is 0 Å². The van der Waals surface area contributed by atoms with Crippen molar-refractivity contribution in [1.82, 2.24) is 4.90 Å². The first-order valence-corrected chi connectivity index (χ1v) is 7.99. The van der Waals surface area contributed by atoms with Crippen LogP contribution >= 0.6 is 0 Å². The maximum atomic E-state index is 12.5. The van der Waals surface area contributed by atoms with Gasteiger partial charge in [0.2, 0.25) is 5.91 Å². The molecule has 3 heteroatoms. The minimum absolute atomic E-state index is 0.106. The zero-order valence-corrected chi connectivity index (χ0v) is 13.8. The molecule has 0 spiro atoms. The molecule has 1 heterocycles. The minimum Gasteiger partial charge on any atom is -0.338 e. The molecule has 1 atom stereocenters. The highest BCUT2D eigenvalue weighted by Gasteiger charge is 2.29. The molecule has 0 radical (unpaired) electrons. The van der Waals surface area contributed by atoms with Crippen LogP contribution in [0.25, 0.3) is 0 Å². The summed E-state index contributed by atoms with van der Waals surface area (Å²) >= 11 is 0. The van der Waals surface area contributed by atoms with Gasteiger partial charge in [-0.25, -0.2) is 0 Å². The van der Waals surface area contributed by atoms with E-state index in [1.165, 1.54) is 16.7 Å². The number of rotatable bonds is 3. The van der Waals surface area contributed by atoms with E-state index in [2.05, 4.69) is 25.1 Å².